The molecule has 0 bridgehead atoms. The Bertz CT molecular complexity index is 526. The quantitative estimate of drug-likeness (QED) is 0.325. The zero-order valence-electron chi connectivity index (χ0n) is 12.8. The van der Waals surface area contributed by atoms with Crippen LogP contribution in [0.3, 0.4) is 0 Å². The van der Waals surface area contributed by atoms with Crippen molar-refractivity contribution in [1.29, 1.82) is 0 Å². The van der Waals surface area contributed by atoms with E-state index in [-0.39, 0.29) is 40.2 Å². The Labute approximate surface area is 149 Å². The number of hydrogen-bond donors (Lipinski definition) is 1. The predicted octanol–water partition coefficient (Wildman–Crippen LogP) is 3.81. The van der Waals surface area contributed by atoms with Gasteiger partial charge in [0.05, 0.1) is 6.26 Å². The normalized spacial score (nSPS) is 11.3. The third kappa shape index (κ3) is 8.63. The second kappa shape index (κ2) is 11.3. The van der Waals surface area contributed by atoms with Crippen LogP contribution in [0.15, 0.2) is 41.5 Å². The molecule has 0 aliphatic heterocycles. The number of allylic oxidation sites excluding steroid dienone is 1. The van der Waals surface area contributed by atoms with Crippen LogP contribution in [-0.4, -0.2) is 42.5 Å². The maximum absolute atomic E-state index is 11.1. The van der Waals surface area contributed by atoms with Gasteiger partial charge in [-0.25, -0.2) is 0 Å². The second-order valence-corrected chi connectivity index (χ2v) is 6.00. The minimum absolute atomic E-state index is 0. The Morgan fingerprint density at radius 2 is 1.81 bits per heavy atom. The Morgan fingerprint density at radius 3 is 2.48 bits per heavy atom. The van der Waals surface area contributed by atoms with Crippen LogP contribution in [0.1, 0.15) is 45.4 Å². The molecular formula is C15H22NaO4S. The Kier molecular flexibility index (Phi) is 11.1. The molecular weight excluding hydrogens is 299 g/mol. The summed E-state index contributed by atoms with van der Waals surface area (Å²) in [7, 11) is -4.25. The molecule has 6 heteroatoms. The summed E-state index contributed by atoms with van der Waals surface area (Å²) in [5, 5.41) is 0. The molecule has 1 aromatic carbocycles. The van der Waals surface area contributed by atoms with Crippen molar-refractivity contribution in [1.82, 2.24) is 0 Å². The van der Waals surface area contributed by atoms with Gasteiger partial charge in [-0.05, 0) is 31.1 Å². The van der Waals surface area contributed by atoms with Gasteiger partial charge in [0.25, 0.3) is 10.1 Å². The Morgan fingerprint density at radius 1 is 1.14 bits per heavy atom. The Hall–Kier alpha value is -0.330. The third-order valence-electron chi connectivity index (χ3n) is 2.89. The van der Waals surface area contributed by atoms with Crippen molar-refractivity contribution >= 4 is 39.7 Å². The summed E-state index contributed by atoms with van der Waals surface area (Å²) in [6.45, 7) is 2.18. The van der Waals surface area contributed by atoms with Crippen LogP contribution < -0.4 is 4.74 Å². The maximum atomic E-state index is 11.1. The summed E-state index contributed by atoms with van der Waals surface area (Å²) >= 11 is 0. The van der Waals surface area contributed by atoms with E-state index in [1.165, 1.54) is 50.1 Å². The summed E-state index contributed by atoms with van der Waals surface area (Å²) in [5.41, 5.74) is 0. The van der Waals surface area contributed by atoms with E-state index in [0.717, 1.165) is 12.8 Å². The van der Waals surface area contributed by atoms with Gasteiger partial charge in [-0.3, -0.25) is 4.55 Å². The minimum Gasteiger partial charge on any atom is -0.464 e. The van der Waals surface area contributed by atoms with Gasteiger partial charge >= 0.3 is 0 Å². The van der Waals surface area contributed by atoms with E-state index in [1.807, 2.05) is 6.08 Å². The summed E-state index contributed by atoms with van der Waals surface area (Å²) in [6, 6.07) is 6.01. The first-order valence-corrected chi connectivity index (χ1v) is 8.38. The molecule has 21 heavy (non-hydrogen) atoms. The van der Waals surface area contributed by atoms with Crippen LogP contribution in [0.2, 0.25) is 0 Å². The van der Waals surface area contributed by atoms with Gasteiger partial charge in [0.2, 0.25) is 0 Å². The molecule has 1 N–H and O–H groups in total. The van der Waals surface area contributed by atoms with Gasteiger partial charge in [-0.1, -0.05) is 44.7 Å². The van der Waals surface area contributed by atoms with E-state index < -0.39 is 10.1 Å². The van der Waals surface area contributed by atoms with Crippen LogP contribution in [-0.2, 0) is 10.1 Å². The SMILES string of the molecule is CCCCCCCC=COc1ccccc1S(=O)(=O)O.[Na]. The van der Waals surface area contributed by atoms with Crippen molar-refractivity contribution in [2.45, 2.75) is 50.3 Å². The van der Waals surface area contributed by atoms with E-state index >= 15 is 0 Å². The number of unbranched alkanes of at least 4 members (excludes halogenated alkanes) is 5. The molecule has 0 aromatic heterocycles. The van der Waals surface area contributed by atoms with Gasteiger partial charge in [0.15, 0.2) is 0 Å². The van der Waals surface area contributed by atoms with E-state index in [0.29, 0.717) is 0 Å². The molecule has 0 saturated carbocycles. The molecule has 0 unspecified atom stereocenters. The van der Waals surface area contributed by atoms with Gasteiger partial charge in [-0.2, -0.15) is 8.42 Å². The fourth-order valence-corrected chi connectivity index (χ4v) is 2.44. The standard InChI is InChI=1S/C15H22O4S.Na/c1-2-3-4-5-6-7-10-13-19-14-11-8-9-12-15(14)20(16,17)18;/h8-13H,2-7H2,1H3,(H,16,17,18);. The number of ether oxygens (including phenoxy) is 1. The average molecular weight is 321 g/mol. The summed E-state index contributed by atoms with van der Waals surface area (Å²) in [5.74, 6) is 0.136. The zero-order chi connectivity index (χ0) is 14.8. The molecule has 0 heterocycles. The third-order valence-corrected chi connectivity index (χ3v) is 3.79. The number of benzene rings is 1. The van der Waals surface area contributed by atoms with Gasteiger partial charge < -0.3 is 4.74 Å². The molecule has 4 nitrogen and oxygen atoms in total. The van der Waals surface area contributed by atoms with Crippen molar-refractivity contribution in [3.05, 3.63) is 36.6 Å². The average Bonchev–Trinajstić information content (AvgIpc) is 2.41. The van der Waals surface area contributed by atoms with Crippen molar-refractivity contribution in [3.63, 3.8) is 0 Å². The van der Waals surface area contributed by atoms with E-state index in [9.17, 15) is 8.42 Å². The van der Waals surface area contributed by atoms with Gasteiger partial charge in [0, 0.05) is 29.6 Å². The van der Waals surface area contributed by atoms with Crippen LogP contribution in [0.4, 0.5) is 0 Å². The molecule has 0 fully saturated rings. The Balaban J connectivity index is 0.00000400. The molecule has 0 amide bonds. The largest absolute Gasteiger partial charge is 0.464 e. The molecule has 0 atom stereocenters. The van der Waals surface area contributed by atoms with E-state index in [4.69, 9.17) is 9.29 Å². The fraction of sp³-hybridized carbons (Fsp3) is 0.467. The monoisotopic (exact) mass is 321 g/mol. The maximum Gasteiger partial charge on any atom is 0.298 e. The molecule has 0 aliphatic carbocycles. The van der Waals surface area contributed by atoms with E-state index in [2.05, 4.69) is 6.92 Å². The zero-order valence-corrected chi connectivity index (χ0v) is 15.6. The van der Waals surface area contributed by atoms with Crippen LogP contribution in [0.25, 0.3) is 0 Å². The first kappa shape index (κ1) is 20.7. The van der Waals surface area contributed by atoms with Crippen LogP contribution in [0.5, 0.6) is 5.75 Å². The summed E-state index contributed by atoms with van der Waals surface area (Å²) in [4.78, 5) is -0.215. The van der Waals surface area contributed by atoms with Crippen molar-refractivity contribution in [2.24, 2.45) is 0 Å². The molecule has 1 radical (unpaired) electrons. The molecule has 113 valence electrons. The van der Waals surface area contributed by atoms with Crippen LogP contribution >= 0.6 is 0 Å². The van der Waals surface area contributed by atoms with E-state index in [1.54, 1.807) is 6.07 Å². The second-order valence-electron chi connectivity index (χ2n) is 4.61. The minimum atomic E-state index is -4.25. The molecule has 1 rings (SSSR count). The van der Waals surface area contributed by atoms with Crippen molar-refractivity contribution in [2.75, 3.05) is 0 Å². The smallest absolute Gasteiger partial charge is 0.298 e. The summed E-state index contributed by atoms with van der Waals surface area (Å²) in [6.07, 6.45) is 10.3. The number of hydrogen-bond acceptors (Lipinski definition) is 3. The predicted molar refractivity (Wildman–Crippen MR) is 85.2 cm³/mol. The van der Waals surface area contributed by atoms with Gasteiger partial charge in [0.1, 0.15) is 10.6 Å². The van der Waals surface area contributed by atoms with Crippen molar-refractivity contribution < 1.29 is 17.7 Å². The molecule has 1 aromatic rings. The fourth-order valence-electron chi connectivity index (χ4n) is 1.82. The first-order chi connectivity index (χ1) is 9.55. The number of rotatable bonds is 9. The van der Waals surface area contributed by atoms with Crippen LogP contribution in [0, 0.1) is 0 Å². The molecule has 0 saturated heterocycles. The first-order valence-electron chi connectivity index (χ1n) is 6.94. The topological polar surface area (TPSA) is 63.6 Å². The molecule has 0 spiro atoms. The molecule has 0 aliphatic rings. The van der Waals surface area contributed by atoms with Gasteiger partial charge in [-0.15, -0.1) is 0 Å². The van der Waals surface area contributed by atoms with Crippen molar-refractivity contribution in [3.8, 4) is 5.75 Å². The number of para-hydroxylation sites is 1. The summed E-state index contributed by atoms with van der Waals surface area (Å²) < 4.78 is 36.6.